The van der Waals surface area contributed by atoms with Crippen LogP contribution in [0.5, 0.6) is 17.4 Å². The van der Waals surface area contributed by atoms with E-state index in [1.165, 1.54) is 0 Å². The van der Waals surface area contributed by atoms with Crippen molar-refractivity contribution in [3.8, 4) is 17.4 Å². The van der Waals surface area contributed by atoms with Gasteiger partial charge in [0, 0.05) is 29.9 Å². The number of amides is 2. The lowest BCUT2D eigenvalue weighted by Gasteiger charge is -2.10. The fourth-order valence-corrected chi connectivity index (χ4v) is 2.61. The Bertz CT molecular complexity index is 998. The predicted octanol–water partition coefficient (Wildman–Crippen LogP) is 3.69. The smallest absolute Gasteiger partial charge is 0.251 e. The maximum Gasteiger partial charge on any atom is 0.251 e. The molecule has 2 aromatic carbocycles. The van der Waals surface area contributed by atoms with Gasteiger partial charge in [-0.15, -0.1) is 0 Å². The van der Waals surface area contributed by atoms with Gasteiger partial charge in [0.15, 0.2) is 0 Å². The molecule has 0 saturated carbocycles. The number of aromatic nitrogens is 1. The van der Waals surface area contributed by atoms with Crippen LogP contribution in [0.4, 0.5) is 0 Å². The lowest BCUT2D eigenvalue weighted by molar-refractivity contribution is 0.0949. The molecule has 2 amide bonds. The Morgan fingerprint density at radius 2 is 1.53 bits per heavy atom. The van der Waals surface area contributed by atoms with Crippen LogP contribution in [-0.2, 0) is 6.54 Å². The summed E-state index contributed by atoms with van der Waals surface area (Å²) < 4.78 is 11.2. The highest BCUT2D eigenvalue weighted by Crippen LogP contribution is 2.22. The van der Waals surface area contributed by atoms with Crippen LogP contribution in [0.15, 0.2) is 66.9 Å². The number of hydrogen-bond acceptors (Lipinski definition) is 5. The van der Waals surface area contributed by atoms with Crippen molar-refractivity contribution in [2.75, 3.05) is 0 Å². The first-order chi connectivity index (χ1) is 14.4. The minimum absolute atomic E-state index is 0.0597. The van der Waals surface area contributed by atoms with E-state index in [1.54, 1.807) is 60.8 Å². The molecule has 1 aromatic heterocycles. The normalized spacial score (nSPS) is 10.5. The van der Waals surface area contributed by atoms with Gasteiger partial charge in [0.25, 0.3) is 5.91 Å². The third-order valence-corrected chi connectivity index (χ3v) is 4.10. The van der Waals surface area contributed by atoms with Gasteiger partial charge in [0.05, 0.1) is 6.10 Å². The largest absolute Gasteiger partial charge is 0.475 e. The molecule has 3 N–H and O–H groups in total. The lowest BCUT2D eigenvalue weighted by atomic mass is 10.2. The number of nitrogens with two attached hydrogens (primary N) is 1. The van der Waals surface area contributed by atoms with Gasteiger partial charge < -0.3 is 20.5 Å². The monoisotopic (exact) mass is 405 g/mol. The summed E-state index contributed by atoms with van der Waals surface area (Å²) in [7, 11) is 0. The lowest BCUT2D eigenvalue weighted by Crippen LogP contribution is -2.22. The van der Waals surface area contributed by atoms with Gasteiger partial charge in [-0.25, -0.2) is 4.98 Å². The van der Waals surface area contributed by atoms with Gasteiger partial charge in [0.1, 0.15) is 11.5 Å². The third-order valence-electron chi connectivity index (χ3n) is 4.10. The summed E-state index contributed by atoms with van der Waals surface area (Å²) in [6, 6.07) is 16.9. The van der Waals surface area contributed by atoms with Crippen LogP contribution in [0.25, 0.3) is 0 Å². The topological polar surface area (TPSA) is 104 Å². The van der Waals surface area contributed by atoms with Gasteiger partial charge in [-0.05, 0) is 67.9 Å². The molecule has 154 valence electrons. The Hall–Kier alpha value is -3.87. The number of pyridine rings is 1. The molecule has 0 saturated heterocycles. The second kappa shape index (κ2) is 9.56. The van der Waals surface area contributed by atoms with E-state index >= 15 is 0 Å². The molecule has 0 unspecified atom stereocenters. The summed E-state index contributed by atoms with van der Waals surface area (Å²) in [4.78, 5) is 27.7. The van der Waals surface area contributed by atoms with Crippen LogP contribution in [0.3, 0.4) is 0 Å². The summed E-state index contributed by atoms with van der Waals surface area (Å²) >= 11 is 0. The molecule has 0 atom stereocenters. The zero-order valence-electron chi connectivity index (χ0n) is 16.8. The van der Waals surface area contributed by atoms with E-state index in [2.05, 4.69) is 10.3 Å². The first kappa shape index (κ1) is 20.9. The van der Waals surface area contributed by atoms with Crippen LogP contribution in [0.2, 0.25) is 0 Å². The molecule has 3 rings (SSSR count). The first-order valence-electron chi connectivity index (χ1n) is 9.48. The highest BCUT2D eigenvalue weighted by molar-refractivity contribution is 5.94. The van der Waals surface area contributed by atoms with Crippen LogP contribution in [-0.4, -0.2) is 22.9 Å². The minimum atomic E-state index is -0.493. The van der Waals surface area contributed by atoms with Gasteiger partial charge in [0.2, 0.25) is 11.8 Å². The maximum absolute atomic E-state index is 12.4. The van der Waals surface area contributed by atoms with Crippen molar-refractivity contribution < 1.29 is 19.1 Å². The number of rotatable bonds is 8. The van der Waals surface area contributed by atoms with Gasteiger partial charge in [-0.1, -0.05) is 6.07 Å². The standard InChI is InChI=1S/C23H23N3O4/c1-15(2)29-21-12-3-16(13-25-21)14-26-23(28)18-6-10-20(11-7-18)30-19-8-4-17(5-9-19)22(24)27/h3-13,15H,14H2,1-2H3,(H2,24,27)(H,26,28). The SMILES string of the molecule is CC(C)Oc1ccc(CNC(=O)c2ccc(Oc3ccc(C(N)=O)cc3)cc2)cn1. The van der Waals surface area contributed by atoms with Crippen molar-refractivity contribution in [2.45, 2.75) is 26.5 Å². The Kier molecular flexibility index (Phi) is 6.64. The Morgan fingerprint density at radius 3 is 2.03 bits per heavy atom. The van der Waals surface area contributed by atoms with E-state index in [1.807, 2.05) is 19.9 Å². The van der Waals surface area contributed by atoms with Crippen LogP contribution >= 0.6 is 0 Å². The highest BCUT2D eigenvalue weighted by atomic mass is 16.5. The first-order valence-corrected chi connectivity index (χ1v) is 9.48. The zero-order chi connectivity index (χ0) is 21.5. The zero-order valence-corrected chi connectivity index (χ0v) is 16.8. The number of benzene rings is 2. The Balaban J connectivity index is 1.53. The summed E-state index contributed by atoms with van der Waals surface area (Å²) in [5.41, 5.74) is 7.02. The highest BCUT2D eigenvalue weighted by Gasteiger charge is 2.07. The molecule has 1 heterocycles. The van der Waals surface area contributed by atoms with Crippen molar-refractivity contribution >= 4 is 11.8 Å². The van der Waals surface area contributed by atoms with Crippen molar-refractivity contribution in [1.82, 2.24) is 10.3 Å². The molecule has 30 heavy (non-hydrogen) atoms. The van der Waals surface area contributed by atoms with E-state index in [0.717, 1.165) is 5.56 Å². The van der Waals surface area contributed by atoms with Gasteiger partial charge in [-0.2, -0.15) is 0 Å². The van der Waals surface area contributed by atoms with Crippen LogP contribution in [0, 0.1) is 0 Å². The summed E-state index contributed by atoms with van der Waals surface area (Å²) in [5.74, 6) is 1.00. The molecular formula is C23H23N3O4. The van der Waals surface area contributed by atoms with Crippen molar-refractivity contribution in [1.29, 1.82) is 0 Å². The molecule has 0 bridgehead atoms. The second-order valence-electron chi connectivity index (χ2n) is 6.87. The Labute approximate surface area is 174 Å². The molecule has 0 radical (unpaired) electrons. The molecule has 7 nitrogen and oxygen atoms in total. The number of nitrogens with zero attached hydrogens (tertiary/aromatic N) is 1. The number of ether oxygens (including phenoxy) is 2. The fraction of sp³-hybridized carbons (Fsp3) is 0.174. The Morgan fingerprint density at radius 1 is 0.933 bits per heavy atom. The van der Waals surface area contributed by atoms with E-state index in [4.69, 9.17) is 15.2 Å². The summed E-state index contributed by atoms with van der Waals surface area (Å²) in [5, 5.41) is 2.86. The predicted molar refractivity (Wildman–Crippen MR) is 113 cm³/mol. The average molecular weight is 405 g/mol. The van der Waals surface area contributed by atoms with Crippen LogP contribution in [0.1, 0.15) is 40.1 Å². The van der Waals surface area contributed by atoms with E-state index in [9.17, 15) is 9.59 Å². The number of carbonyl (C=O) groups excluding carboxylic acids is 2. The average Bonchev–Trinajstić information content (AvgIpc) is 2.73. The molecule has 0 aliphatic rings. The van der Waals surface area contributed by atoms with E-state index < -0.39 is 5.91 Å². The van der Waals surface area contributed by atoms with E-state index in [0.29, 0.717) is 35.1 Å². The molecule has 3 aromatic rings. The molecule has 7 heteroatoms. The second-order valence-corrected chi connectivity index (χ2v) is 6.87. The molecular weight excluding hydrogens is 382 g/mol. The number of primary amides is 1. The maximum atomic E-state index is 12.4. The van der Waals surface area contributed by atoms with E-state index in [-0.39, 0.29) is 12.0 Å². The van der Waals surface area contributed by atoms with Crippen molar-refractivity contribution in [3.63, 3.8) is 0 Å². The summed E-state index contributed by atoms with van der Waals surface area (Å²) in [6.45, 7) is 4.23. The van der Waals surface area contributed by atoms with Crippen molar-refractivity contribution in [3.05, 3.63) is 83.6 Å². The third kappa shape index (κ3) is 5.81. The van der Waals surface area contributed by atoms with Crippen LogP contribution < -0.4 is 20.5 Å². The fourth-order valence-electron chi connectivity index (χ4n) is 2.61. The number of nitrogens with one attached hydrogen (secondary N) is 1. The number of carbonyl (C=O) groups is 2. The van der Waals surface area contributed by atoms with Gasteiger partial charge in [-0.3, -0.25) is 9.59 Å². The van der Waals surface area contributed by atoms with Gasteiger partial charge >= 0.3 is 0 Å². The molecule has 0 fully saturated rings. The van der Waals surface area contributed by atoms with Crippen molar-refractivity contribution in [2.24, 2.45) is 5.73 Å². The molecule has 0 aliphatic carbocycles. The molecule has 0 spiro atoms. The number of hydrogen-bond donors (Lipinski definition) is 2. The summed E-state index contributed by atoms with van der Waals surface area (Å²) in [6.07, 6.45) is 1.74. The minimum Gasteiger partial charge on any atom is -0.475 e. The molecule has 0 aliphatic heterocycles. The quantitative estimate of drug-likeness (QED) is 0.595.